The Morgan fingerprint density at radius 3 is 2.13 bits per heavy atom. The van der Waals surface area contributed by atoms with Gasteiger partial charge in [-0.25, -0.2) is 0 Å². The van der Waals surface area contributed by atoms with Gasteiger partial charge in [0.05, 0.1) is 6.26 Å². The van der Waals surface area contributed by atoms with Crippen molar-refractivity contribution in [1.29, 1.82) is 0 Å². The van der Waals surface area contributed by atoms with E-state index in [-0.39, 0.29) is 10.8 Å². The SMILES string of the molecule is CC(C)c1ccc2oc(-c3cc(C(C)(C)C)c4cc(-c5ccc6ccoc6c5C(C)(C)C)oc4c3)cc2c1. The van der Waals surface area contributed by atoms with E-state index in [4.69, 9.17) is 13.3 Å². The van der Waals surface area contributed by atoms with Crippen LogP contribution in [-0.2, 0) is 10.8 Å². The van der Waals surface area contributed by atoms with Crippen LogP contribution < -0.4 is 0 Å². The molecule has 38 heavy (non-hydrogen) atoms. The molecular weight excluding hydrogens is 468 g/mol. The minimum atomic E-state index is -0.118. The molecule has 0 aliphatic carbocycles. The van der Waals surface area contributed by atoms with Crippen LogP contribution in [-0.4, -0.2) is 0 Å². The van der Waals surface area contributed by atoms with E-state index in [0.717, 1.165) is 61.1 Å². The van der Waals surface area contributed by atoms with E-state index in [1.807, 2.05) is 6.07 Å². The van der Waals surface area contributed by atoms with Crippen LogP contribution in [0.3, 0.4) is 0 Å². The molecule has 3 nitrogen and oxygen atoms in total. The third-order valence-electron chi connectivity index (χ3n) is 7.57. The van der Waals surface area contributed by atoms with Crippen molar-refractivity contribution in [3.63, 3.8) is 0 Å². The summed E-state index contributed by atoms with van der Waals surface area (Å²) in [6, 6.07) is 21.5. The van der Waals surface area contributed by atoms with E-state index in [2.05, 4.69) is 110 Å². The molecule has 0 saturated heterocycles. The average molecular weight is 505 g/mol. The van der Waals surface area contributed by atoms with Gasteiger partial charge in [-0.05, 0) is 70.3 Å². The van der Waals surface area contributed by atoms with Crippen molar-refractivity contribution in [3.8, 4) is 22.6 Å². The maximum Gasteiger partial charge on any atom is 0.138 e. The number of rotatable bonds is 3. The molecule has 6 rings (SSSR count). The predicted molar refractivity (Wildman–Crippen MR) is 158 cm³/mol. The minimum absolute atomic E-state index is 0.0793. The maximum atomic E-state index is 6.65. The maximum absolute atomic E-state index is 6.65. The van der Waals surface area contributed by atoms with Gasteiger partial charge in [-0.3, -0.25) is 0 Å². The van der Waals surface area contributed by atoms with Crippen LogP contribution in [0.25, 0.3) is 55.6 Å². The van der Waals surface area contributed by atoms with Crippen LogP contribution in [0, 0.1) is 0 Å². The molecule has 0 bridgehead atoms. The lowest BCUT2D eigenvalue weighted by molar-refractivity contribution is 0.555. The summed E-state index contributed by atoms with van der Waals surface area (Å²) in [7, 11) is 0. The fourth-order valence-corrected chi connectivity index (χ4v) is 5.58. The van der Waals surface area contributed by atoms with E-state index in [9.17, 15) is 0 Å². The van der Waals surface area contributed by atoms with Gasteiger partial charge in [0.1, 0.15) is 28.3 Å². The lowest BCUT2D eigenvalue weighted by atomic mass is 9.81. The largest absolute Gasteiger partial charge is 0.464 e. The zero-order valence-electron chi connectivity index (χ0n) is 23.7. The zero-order chi connectivity index (χ0) is 27.0. The Hall–Kier alpha value is -3.72. The summed E-state index contributed by atoms with van der Waals surface area (Å²) in [5.41, 5.74) is 8.32. The molecule has 0 saturated carbocycles. The number of fused-ring (bicyclic) bond motifs is 3. The van der Waals surface area contributed by atoms with Gasteiger partial charge in [-0.2, -0.15) is 0 Å². The Labute approximate surface area is 224 Å². The molecule has 0 fully saturated rings. The van der Waals surface area contributed by atoms with Crippen molar-refractivity contribution < 1.29 is 13.3 Å². The molecule has 6 aromatic rings. The van der Waals surface area contributed by atoms with E-state index in [1.54, 1.807) is 6.26 Å². The summed E-state index contributed by atoms with van der Waals surface area (Å²) in [6.07, 6.45) is 1.77. The van der Waals surface area contributed by atoms with Crippen LogP contribution >= 0.6 is 0 Å². The number of benzene rings is 3. The van der Waals surface area contributed by atoms with Crippen molar-refractivity contribution in [3.05, 3.63) is 83.6 Å². The molecule has 194 valence electrons. The molecule has 0 unspecified atom stereocenters. The van der Waals surface area contributed by atoms with Gasteiger partial charge in [0.25, 0.3) is 0 Å². The quantitative estimate of drug-likeness (QED) is 0.240. The summed E-state index contributed by atoms with van der Waals surface area (Å²) in [6.45, 7) is 17.9. The lowest BCUT2D eigenvalue weighted by Gasteiger charge is -2.22. The molecule has 0 atom stereocenters. The first kappa shape index (κ1) is 24.6. The van der Waals surface area contributed by atoms with Crippen LogP contribution in [0.4, 0.5) is 0 Å². The molecule has 0 spiro atoms. The Morgan fingerprint density at radius 2 is 1.42 bits per heavy atom. The topological polar surface area (TPSA) is 39.4 Å². The van der Waals surface area contributed by atoms with Gasteiger partial charge < -0.3 is 13.3 Å². The van der Waals surface area contributed by atoms with Crippen LogP contribution in [0.15, 0.2) is 80.2 Å². The summed E-state index contributed by atoms with van der Waals surface area (Å²) in [5, 5.41) is 3.37. The van der Waals surface area contributed by atoms with E-state index >= 15 is 0 Å². The Balaban J connectivity index is 1.57. The number of hydrogen-bond acceptors (Lipinski definition) is 3. The van der Waals surface area contributed by atoms with Crippen LogP contribution in [0.1, 0.15) is 78.0 Å². The number of hydrogen-bond donors (Lipinski definition) is 0. The predicted octanol–water partition coefficient (Wildman–Crippen LogP) is 11.0. The zero-order valence-corrected chi connectivity index (χ0v) is 23.7. The molecule has 0 amide bonds. The fourth-order valence-electron chi connectivity index (χ4n) is 5.58. The molecule has 3 heterocycles. The first-order valence-corrected chi connectivity index (χ1v) is 13.5. The molecule has 3 heteroatoms. The first-order chi connectivity index (χ1) is 17.9. The summed E-state index contributed by atoms with van der Waals surface area (Å²) < 4.78 is 19.0. The standard InChI is InChI=1S/C35H36O3/c1-20(2)22-10-12-28-23(15-22)17-29(37-28)24-16-27(34(3,4)5)26-19-31(38-30(26)18-24)25-11-9-21-13-14-36-33(21)32(25)35(6,7)8/h9-20H,1-8H3. The van der Waals surface area contributed by atoms with Gasteiger partial charge in [-0.15, -0.1) is 0 Å². The highest BCUT2D eigenvalue weighted by Gasteiger charge is 2.27. The van der Waals surface area contributed by atoms with Crippen molar-refractivity contribution >= 4 is 32.9 Å². The highest BCUT2D eigenvalue weighted by molar-refractivity contribution is 5.94. The monoisotopic (exact) mass is 504 g/mol. The third-order valence-corrected chi connectivity index (χ3v) is 7.57. The van der Waals surface area contributed by atoms with Gasteiger partial charge >= 0.3 is 0 Å². The lowest BCUT2D eigenvalue weighted by Crippen LogP contribution is -2.13. The van der Waals surface area contributed by atoms with E-state index < -0.39 is 0 Å². The van der Waals surface area contributed by atoms with Gasteiger partial charge in [0.2, 0.25) is 0 Å². The van der Waals surface area contributed by atoms with Crippen LogP contribution in [0.5, 0.6) is 0 Å². The van der Waals surface area contributed by atoms with Gasteiger partial charge in [-0.1, -0.05) is 73.6 Å². The van der Waals surface area contributed by atoms with E-state index in [1.165, 1.54) is 11.1 Å². The molecule has 0 radical (unpaired) electrons. The van der Waals surface area contributed by atoms with Crippen LogP contribution in [0.2, 0.25) is 0 Å². The normalized spacial score (nSPS) is 13.0. The Morgan fingerprint density at radius 1 is 0.658 bits per heavy atom. The second-order valence-corrected chi connectivity index (χ2v) is 12.9. The molecule has 0 N–H and O–H groups in total. The van der Waals surface area contributed by atoms with E-state index in [0.29, 0.717) is 5.92 Å². The van der Waals surface area contributed by atoms with Crippen molar-refractivity contribution in [2.24, 2.45) is 0 Å². The molecule has 3 aromatic heterocycles. The second-order valence-electron chi connectivity index (χ2n) is 12.9. The van der Waals surface area contributed by atoms with Gasteiger partial charge in [0, 0.05) is 32.8 Å². The first-order valence-electron chi connectivity index (χ1n) is 13.5. The highest BCUT2D eigenvalue weighted by atomic mass is 16.3. The molecular formula is C35H36O3. The Bertz CT molecular complexity index is 1810. The highest BCUT2D eigenvalue weighted by Crippen LogP contribution is 2.44. The Kier molecular flexibility index (Phi) is 5.43. The smallest absolute Gasteiger partial charge is 0.138 e. The third kappa shape index (κ3) is 4.05. The summed E-state index contributed by atoms with van der Waals surface area (Å²) in [5.74, 6) is 2.19. The number of furan rings is 3. The summed E-state index contributed by atoms with van der Waals surface area (Å²) in [4.78, 5) is 0. The molecule has 0 aliphatic rings. The van der Waals surface area contributed by atoms with Crippen molar-refractivity contribution in [2.45, 2.75) is 72.1 Å². The second kappa shape index (κ2) is 8.39. The summed E-state index contributed by atoms with van der Waals surface area (Å²) >= 11 is 0. The molecule has 3 aromatic carbocycles. The average Bonchev–Trinajstić information content (AvgIpc) is 3.57. The minimum Gasteiger partial charge on any atom is -0.464 e. The molecule has 0 aliphatic heterocycles. The van der Waals surface area contributed by atoms with Crippen molar-refractivity contribution in [1.82, 2.24) is 0 Å². The van der Waals surface area contributed by atoms with Gasteiger partial charge in [0.15, 0.2) is 0 Å². The fraction of sp³-hybridized carbons (Fsp3) is 0.314. The van der Waals surface area contributed by atoms with Crippen molar-refractivity contribution in [2.75, 3.05) is 0 Å².